The molecule has 0 spiro atoms. The van der Waals surface area contributed by atoms with Gasteiger partial charge >= 0.3 is 0 Å². The Labute approximate surface area is 141 Å². The summed E-state index contributed by atoms with van der Waals surface area (Å²) in [5, 5.41) is 0.731. The minimum absolute atomic E-state index is 0.0691. The molecule has 2 heterocycles. The highest BCUT2D eigenvalue weighted by atomic mass is 35.5. The van der Waals surface area contributed by atoms with Crippen LogP contribution in [0.15, 0.2) is 54.6 Å². The molecular weight excluding hydrogens is 312 g/mol. The molecule has 2 aromatic rings. The first kappa shape index (κ1) is 15.2. The molecule has 4 heteroatoms. The minimum atomic E-state index is -0.829. The van der Waals surface area contributed by atoms with Crippen LogP contribution in [0.1, 0.15) is 23.5 Å². The van der Waals surface area contributed by atoms with Gasteiger partial charge in [-0.1, -0.05) is 54.1 Å². The molecule has 2 saturated heterocycles. The second-order valence-corrected chi connectivity index (χ2v) is 6.51. The Hall–Kier alpha value is -1.39. The predicted octanol–water partition coefficient (Wildman–Crippen LogP) is 4.32. The van der Waals surface area contributed by atoms with Crippen LogP contribution in [0.3, 0.4) is 0 Å². The van der Waals surface area contributed by atoms with Crippen LogP contribution in [0, 0.1) is 5.92 Å². The first-order valence-corrected chi connectivity index (χ1v) is 8.28. The van der Waals surface area contributed by atoms with Gasteiger partial charge in [-0.05, 0) is 24.1 Å². The van der Waals surface area contributed by atoms with Gasteiger partial charge in [-0.3, -0.25) is 0 Å². The number of benzene rings is 2. The Kier molecular flexibility index (Phi) is 3.90. The largest absolute Gasteiger partial charge is 0.352 e. The summed E-state index contributed by atoms with van der Waals surface area (Å²) in [6.07, 6.45) is 0.742. The monoisotopic (exact) mass is 330 g/mol. The Balaban J connectivity index is 1.84. The van der Waals surface area contributed by atoms with Crippen molar-refractivity contribution >= 4 is 11.6 Å². The molecule has 0 N–H and O–H groups in total. The summed E-state index contributed by atoms with van der Waals surface area (Å²) in [6.45, 7) is 0.730. The van der Waals surface area contributed by atoms with Crippen LogP contribution in [-0.4, -0.2) is 20.0 Å². The summed E-state index contributed by atoms with van der Waals surface area (Å²) < 4.78 is 18.1. The van der Waals surface area contributed by atoms with Gasteiger partial charge in [0.25, 0.3) is 0 Å². The van der Waals surface area contributed by atoms with E-state index in [9.17, 15) is 0 Å². The summed E-state index contributed by atoms with van der Waals surface area (Å²) in [7, 11) is 1.71. The second-order valence-electron chi connectivity index (χ2n) is 6.08. The third-order valence-corrected chi connectivity index (χ3v) is 5.17. The van der Waals surface area contributed by atoms with Gasteiger partial charge in [0, 0.05) is 23.6 Å². The fourth-order valence-electron chi connectivity index (χ4n) is 3.90. The molecule has 3 nitrogen and oxygen atoms in total. The zero-order chi connectivity index (χ0) is 15.9. The molecule has 4 rings (SSSR count). The molecule has 2 aliphatic rings. The topological polar surface area (TPSA) is 27.7 Å². The van der Waals surface area contributed by atoms with Crippen molar-refractivity contribution < 1.29 is 14.2 Å². The molecule has 120 valence electrons. The molecule has 0 unspecified atom stereocenters. The lowest BCUT2D eigenvalue weighted by molar-refractivity contribution is -0.270. The molecule has 0 bridgehead atoms. The molecule has 0 saturated carbocycles. The van der Waals surface area contributed by atoms with Crippen LogP contribution >= 0.6 is 11.6 Å². The fourth-order valence-corrected chi connectivity index (χ4v) is 4.03. The van der Waals surface area contributed by atoms with Crippen LogP contribution in [0.4, 0.5) is 0 Å². The number of hydrogen-bond donors (Lipinski definition) is 0. The Bertz CT molecular complexity index is 673. The predicted molar refractivity (Wildman–Crippen MR) is 88.3 cm³/mol. The number of halogens is 1. The van der Waals surface area contributed by atoms with Crippen molar-refractivity contribution in [1.29, 1.82) is 0 Å². The van der Waals surface area contributed by atoms with Crippen LogP contribution in [0.5, 0.6) is 0 Å². The average molecular weight is 331 g/mol. The van der Waals surface area contributed by atoms with Gasteiger partial charge in [0.2, 0.25) is 5.79 Å². The summed E-state index contributed by atoms with van der Waals surface area (Å²) in [5.41, 5.74) is 2.18. The fraction of sp³-hybridized carbons (Fsp3) is 0.368. The first-order chi connectivity index (χ1) is 11.2. The average Bonchev–Trinajstić information content (AvgIpc) is 3.15. The van der Waals surface area contributed by atoms with E-state index in [1.165, 1.54) is 0 Å². The zero-order valence-electron chi connectivity index (χ0n) is 12.9. The third-order valence-electron chi connectivity index (χ3n) is 4.92. The van der Waals surface area contributed by atoms with Gasteiger partial charge in [0.1, 0.15) is 0 Å². The van der Waals surface area contributed by atoms with Crippen molar-refractivity contribution in [3.63, 3.8) is 0 Å². The van der Waals surface area contributed by atoms with E-state index in [2.05, 4.69) is 12.1 Å². The van der Waals surface area contributed by atoms with Crippen molar-refractivity contribution in [3.05, 3.63) is 70.7 Å². The van der Waals surface area contributed by atoms with E-state index in [0.717, 1.165) is 29.2 Å². The van der Waals surface area contributed by atoms with Gasteiger partial charge in [0.15, 0.2) is 6.29 Å². The molecule has 0 aromatic heterocycles. The quantitative estimate of drug-likeness (QED) is 0.839. The highest BCUT2D eigenvalue weighted by Crippen LogP contribution is 2.56. The van der Waals surface area contributed by atoms with E-state index >= 15 is 0 Å². The lowest BCUT2D eigenvalue weighted by atomic mass is 9.78. The maximum atomic E-state index is 6.33. The van der Waals surface area contributed by atoms with E-state index in [-0.39, 0.29) is 18.1 Å². The Morgan fingerprint density at radius 3 is 2.52 bits per heavy atom. The molecule has 0 aliphatic carbocycles. The number of ether oxygens (including phenoxy) is 3. The van der Waals surface area contributed by atoms with Crippen molar-refractivity contribution in [1.82, 2.24) is 0 Å². The summed E-state index contributed by atoms with van der Waals surface area (Å²) >= 11 is 6.06. The van der Waals surface area contributed by atoms with Gasteiger partial charge in [-0.15, -0.1) is 0 Å². The first-order valence-electron chi connectivity index (χ1n) is 7.90. The highest BCUT2D eigenvalue weighted by Gasteiger charge is 2.59. The van der Waals surface area contributed by atoms with Crippen molar-refractivity contribution in [2.75, 3.05) is 13.7 Å². The molecule has 4 atom stereocenters. The van der Waals surface area contributed by atoms with Crippen LogP contribution in [0.25, 0.3) is 0 Å². The van der Waals surface area contributed by atoms with Crippen molar-refractivity contribution in [2.24, 2.45) is 5.92 Å². The second kappa shape index (κ2) is 5.91. The maximum absolute atomic E-state index is 6.33. The van der Waals surface area contributed by atoms with Crippen molar-refractivity contribution in [2.45, 2.75) is 24.4 Å². The van der Waals surface area contributed by atoms with Gasteiger partial charge in [-0.2, -0.15) is 0 Å². The summed E-state index contributed by atoms with van der Waals surface area (Å²) in [4.78, 5) is 0. The lowest BCUT2D eigenvalue weighted by Gasteiger charge is -2.35. The van der Waals surface area contributed by atoms with Crippen LogP contribution in [-0.2, 0) is 20.0 Å². The molecule has 2 aliphatic heterocycles. The highest BCUT2D eigenvalue weighted by molar-refractivity contribution is 6.30. The van der Waals surface area contributed by atoms with E-state index in [4.69, 9.17) is 25.8 Å². The minimum Gasteiger partial charge on any atom is -0.352 e. The SMILES string of the molecule is CO[C@@]1(c2ccccc2)O[C@H]2OCC[C@H]2[C@@H]1c1ccc(Cl)cc1. The zero-order valence-corrected chi connectivity index (χ0v) is 13.7. The van der Waals surface area contributed by atoms with E-state index in [1.807, 2.05) is 42.5 Å². The van der Waals surface area contributed by atoms with E-state index < -0.39 is 5.79 Å². The maximum Gasteiger partial charge on any atom is 0.204 e. The molecule has 0 amide bonds. The van der Waals surface area contributed by atoms with Crippen LogP contribution < -0.4 is 0 Å². The summed E-state index contributed by atoms with van der Waals surface area (Å²) in [5.74, 6) is -0.485. The third kappa shape index (κ3) is 2.39. The van der Waals surface area contributed by atoms with Crippen LogP contribution in [0.2, 0.25) is 5.02 Å². The molecular formula is C19H19ClO3. The van der Waals surface area contributed by atoms with E-state index in [1.54, 1.807) is 7.11 Å². The Morgan fingerprint density at radius 1 is 1.09 bits per heavy atom. The number of hydrogen-bond acceptors (Lipinski definition) is 3. The molecule has 0 radical (unpaired) electrons. The number of rotatable bonds is 3. The van der Waals surface area contributed by atoms with Gasteiger partial charge in [-0.25, -0.2) is 0 Å². The van der Waals surface area contributed by atoms with Gasteiger partial charge < -0.3 is 14.2 Å². The number of fused-ring (bicyclic) bond motifs is 1. The Morgan fingerprint density at radius 2 is 1.83 bits per heavy atom. The van der Waals surface area contributed by atoms with E-state index in [0.29, 0.717) is 0 Å². The van der Waals surface area contributed by atoms with Gasteiger partial charge in [0.05, 0.1) is 12.5 Å². The molecule has 2 aromatic carbocycles. The van der Waals surface area contributed by atoms with Crippen molar-refractivity contribution in [3.8, 4) is 0 Å². The molecule has 23 heavy (non-hydrogen) atoms. The lowest BCUT2D eigenvalue weighted by Crippen LogP contribution is -2.35. The normalized spacial score (nSPS) is 32.9. The smallest absolute Gasteiger partial charge is 0.204 e. The summed E-state index contributed by atoms with van der Waals surface area (Å²) in [6, 6.07) is 18.1. The number of methoxy groups -OCH3 is 1. The molecule has 2 fully saturated rings. The standard InChI is InChI=1S/C19H19ClO3/c1-21-19(14-5-3-2-4-6-14)17(13-7-9-15(20)10-8-13)16-11-12-22-18(16)23-19/h2-10,16-18H,11-12H2,1H3/t16-,17-,18+,19-/m0/s1.